The molecule has 88 valence electrons. The van der Waals surface area contributed by atoms with Crippen LogP contribution in [0.1, 0.15) is 30.4 Å². The lowest BCUT2D eigenvalue weighted by Crippen LogP contribution is -2.39. The van der Waals surface area contributed by atoms with E-state index in [0.29, 0.717) is 10.9 Å². The van der Waals surface area contributed by atoms with Gasteiger partial charge >= 0.3 is 0 Å². The number of ketones is 1. The van der Waals surface area contributed by atoms with Gasteiger partial charge in [-0.25, -0.2) is 0 Å². The van der Waals surface area contributed by atoms with Gasteiger partial charge in [0.15, 0.2) is 0 Å². The molecular formula is C12H10BrNO3. The zero-order valence-corrected chi connectivity index (χ0v) is 10.6. The zero-order chi connectivity index (χ0) is 12.2. The van der Waals surface area contributed by atoms with E-state index in [2.05, 4.69) is 15.9 Å². The Morgan fingerprint density at radius 1 is 1.35 bits per heavy atom. The average Bonchev–Trinajstić information content (AvgIpc) is 2.50. The highest BCUT2D eigenvalue weighted by Gasteiger charge is 2.51. The third-order valence-corrected chi connectivity index (χ3v) is 4.69. The molecule has 1 fully saturated rings. The van der Waals surface area contributed by atoms with Crippen LogP contribution in [0.25, 0.3) is 0 Å². The minimum atomic E-state index is -0.403. The Kier molecular flexibility index (Phi) is 2.17. The minimum absolute atomic E-state index is 0.0663. The number of Topliss-reactive ketones (excluding diaryl/α,β-unsaturated/α-hetero) is 1. The number of carbonyl (C=O) groups is 1. The maximum Gasteiger partial charge on any atom is 0.270 e. The van der Waals surface area contributed by atoms with Gasteiger partial charge < -0.3 is 0 Å². The van der Waals surface area contributed by atoms with Crippen molar-refractivity contribution in [2.45, 2.75) is 31.1 Å². The summed E-state index contributed by atoms with van der Waals surface area (Å²) in [4.78, 5) is 22.5. The van der Waals surface area contributed by atoms with E-state index in [1.165, 1.54) is 6.07 Å². The highest BCUT2D eigenvalue weighted by atomic mass is 79.9. The molecule has 1 aromatic carbocycles. The molecular weight excluding hydrogens is 286 g/mol. The number of nitro groups is 1. The van der Waals surface area contributed by atoms with Crippen molar-refractivity contribution in [3.05, 3.63) is 37.8 Å². The lowest BCUT2D eigenvalue weighted by atomic mass is 9.64. The topological polar surface area (TPSA) is 60.2 Å². The van der Waals surface area contributed by atoms with Crippen molar-refractivity contribution in [3.8, 4) is 0 Å². The van der Waals surface area contributed by atoms with Crippen LogP contribution in [0.4, 0.5) is 5.69 Å². The van der Waals surface area contributed by atoms with Gasteiger partial charge in [-0.05, 0) is 24.0 Å². The minimum Gasteiger partial charge on any atom is -0.298 e. The fraction of sp³-hybridized carbons (Fsp3) is 0.417. The number of rotatable bonds is 1. The van der Waals surface area contributed by atoms with Gasteiger partial charge in [0.1, 0.15) is 5.78 Å². The predicted molar refractivity (Wildman–Crippen MR) is 65.0 cm³/mol. The van der Waals surface area contributed by atoms with E-state index in [-0.39, 0.29) is 11.5 Å². The number of fused-ring (bicyclic) bond motifs is 2. The molecule has 1 saturated carbocycles. The molecule has 2 aliphatic carbocycles. The number of nitro benzene ring substituents is 1. The predicted octanol–water partition coefficient (Wildman–Crippen LogP) is 2.90. The molecule has 1 aromatic rings. The van der Waals surface area contributed by atoms with Crippen LogP contribution in [0, 0.1) is 10.1 Å². The fourth-order valence-corrected chi connectivity index (χ4v) is 3.48. The van der Waals surface area contributed by atoms with Crippen molar-refractivity contribution in [2.75, 3.05) is 0 Å². The van der Waals surface area contributed by atoms with Crippen LogP contribution in [0.15, 0.2) is 16.6 Å². The van der Waals surface area contributed by atoms with Gasteiger partial charge in [-0.15, -0.1) is 0 Å². The first-order valence-corrected chi connectivity index (χ1v) is 6.34. The molecule has 0 aliphatic heterocycles. The number of hydrogen-bond acceptors (Lipinski definition) is 3. The van der Waals surface area contributed by atoms with Crippen LogP contribution in [0.3, 0.4) is 0 Å². The van der Waals surface area contributed by atoms with Crippen LogP contribution in [0.5, 0.6) is 0 Å². The molecule has 0 unspecified atom stereocenters. The Hall–Kier alpha value is -1.23. The summed E-state index contributed by atoms with van der Waals surface area (Å²) in [6, 6.07) is 3.08. The van der Waals surface area contributed by atoms with Gasteiger partial charge in [-0.2, -0.15) is 0 Å². The molecule has 5 heteroatoms. The van der Waals surface area contributed by atoms with Crippen molar-refractivity contribution in [1.82, 2.24) is 0 Å². The maximum atomic E-state index is 12.1. The molecule has 17 heavy (non-hydrogen) atoms. The van der Waals surface area contributed by atoms with E-state index in [4.69, 9.17) is 0 Å². The highest BCUT2D eigenvalue weighted by Crippen LogP contribution is 2.52. The summed E-state index contributed by atoms with van der Waals surface area (Å²) >= 11 is 3.34. The first kappa shape index (κ1) is 10.9. The van der Waals surface area contributed by atoms with Crippen molar-refractivity contribution < 1.29 is 9.72 Å². The number of hydrogen-bond donors (Lipinski definition) is 0. The van der Waals surface area contributed by atoms with Gasteiger partial charge in [0.25, 0.3) is 5.69 Å². The Morgan fingerprint density at radius 3 is 2.59 bits per heavy atom. The third-order valence-electron chi connectivity index (χ3n) is 3.98. The molecule has 2 aliphatic rings. The number of non-ortho nitro benzene ring substituents is 1. The largest absolute Gasteiger partial charge is 0.298 e. The van der Waals surface area contributed by atoms with E-state index in [1.54, 1.807) is 6.07 Å². The second kappa shape index (κ2) is 3.38. The van der Waals surface area contributed by atoms with Crippen molar-refractivity contribution in [2.24, 2.45) is 0 Å². The summed E-state index contributed by atoms with van der Waals surface area (Å²) < 4.78 is 0.693. The zero-order valence-electron chi connectivity index (χ0n) is 9.03. The summed E-state index contributed by atoms with van der Waals surface area (Å²) in [7, 11) is 0. The molecule has 0 atom stereocenters. The molecule has 3 rings (SSSR count). The number of carbonyl (C=O) groups excluding carboxylic acids is 1. The van der Waals surface area contributed by atoms with Crippen molar-refractivity contribution in [3.63, 3.8) is 0 Å². The van der Waals surface area contributed by atoms with E-state index < -0.39 is 10.3 Å². The Morgan fingerprint density at radius 2 is 2.06 bits per heavy atom. The summed E-state index contributed by atoms with van der Waals surface area (Å²) in [5.41, 5.74) is 1.50. The van der Waals surface area contributed by atoms with Crippen LogP contribution in [0.2, 0.25) is 0 Å². The Labute approximate surface area is 106 Å². The summed E-state index contributed by atoms with van der Waals surface area (Å²) in [6.07, 6.45) is 3.12. The van der Waals surface area contributed by atoms with Crippen molar-refractivity contribution >= 4 is 27.4 Å². The van der Waals surface area contributed by atoms with Gasteiger partial charge in [0, 0.05) is 23.0 Å². The summed E-state index contributed by atoms with van der Waals surface area (Å²) in [5.74, 6) is 0.222. The standard InChI is InChI=1S/C12H10BrNO3/c13-10-5-7(14(16)17)4-9-8(10)6-11(15)12(9)2-1-3-12/h4-5H,1-3,6H2. The summed E-state index contributed by atoms with van der Waals surface area (Å²) in [5, 5.41) is 10.9. The number of benzene rings is 1. The van der Waals surface area contributed by atoms with Crippen molar-refractivity contribution in [1.29, 1.82) is 0 Å². The van der Waals surface area contributed by atoms with Gasteiger partial charge in [0.05, 0.1) is 10.3 Å². The lowest BCUT2D eigenvalue weighted by molar-refractivity contribution is -0.385. The monoisotopic (exact) mass is 295 g/mol. The maximum absolute atomic E-state index is 12.1. The second-order valence-electron chi connectivity index (χ2n) is 4.75. The third kappa shape index (κ3) is 1.32. The molecule has 0 N–H and O–H groups in total. The van der Waals surface area contributed by atoms with Gasteiger partial charge in [-0.3, -0.25) is 14.9 Å². The normalized spacial score (nSPS) is 20.2. The highest BCUT2D eigenvalue weighted by molar-refractivity contribution is 9.10. The number of halogens is 1. The van der Waals surface area contributed by atoms with Crippen LogP contribution >= 0.6 is 15.9 Å². The quantitative estimate of drug-likeness (QED) is 0.591. The van der Waals surface area contributed by atoms with E-state index in [9.17, 15) is 14.9 Å². The number of nitrogens with zero attached hydrogens (tertiary/aromatic N) is 1. The van der Waals surface area contributed by atoms with E-state index >= 15 is 0 Å². The lowest BCUT2D eigenvalue weighted by Gasteiger charge is -2.37. The first-order valence-electron chi connectivity index (χ1n) is 5.55. The molecule has 0 heterocycles. The molecule has 4 nitrogen and oxygen atoms in total. The molecule has 0 amide bonds. The fourth-order valence-electron chi connectivity index (χ4n) is 2.89. The van der Waals surface area contributed by atoms with Crippen LogP contribution in [-0.2, 0) is 16.6 Å². The van der Waals surface area contributed by atoms with Crippen LogP contribution < -0.4 is 0 Å². The summed E-state index contributed by atoms with van der Waals surface area (Å²) in [6.45, 7) is 0. The molecule has 0 aromatic heterocycles. The van der Waals surface area contributed by atoms with E-state index in [0.717, 1.165) is 30.4 Å². The molecule has 0 radical (unpaired) electrons. The second-order valence-corrected chi connectivity index (χ2v) is 5.60. The Balaban J connectivity index is 2.22. The van der Waals surface area contributed by atoms with E-state index in [1.807, 2.05) is 0 Å². The average molecular weight is 296 g/mol. The first-order chi connectivity index (χ1) is 8.04. The molecule has 1 spiro atoms. The van der Waals surface area contributed by atoms with Gasteiger partial charge in [0.2, 0.25) is 0 Å². The smallest absolute Gasteiger partial charge is 0.270 e. The van der Waals surface area contributed by atoms with Crippen LogP contribution in [-0.4, -0.2) is 10.7 Å². The SMILES string of the molecule is O=C1Cc2c(Br)cc([N+](=O)[O-])cc2C12CCC2. The molecule has 0 saturated heterocycles. The molecule has 0 bridgehead atoms. The Bertz CT molecular complexity index is 549. The van der Waals surface area contributed by atoms with Gasteiger partial charge in [-0.1, -0.05) is 22.4 Å².